The van der Waals surface area contributed by atoms with Crippen LogP contribution in [-0.4, -0.2) is 16.9 Å². The van der Waals surface area contributed by atoms with E-state index in [9.17, 15) is 19.8 Å². The van der Waals surface area contributed by atoms with Gasteiger partial charge in [-0.05, 0) is 24.3 Å². The molecule has 114 valence electrons. The first kappa shape index (κ1) is 14.6. The summed E-state index contributed by atoms with van der Waals surface area (Å²) < 4.78 is 0. The Morgan fingerprint density at radius 1 is 1.00 bits per heavy atom. The Morgan fingerprint density at radius 2 is 1.68 bits per heavy atom. The number of Topliss-reactive ketones (excluding diaryl/α,β-unsaturated/α-hetero) is 1. The second-order valence-electron chi connectivity index (χ2n) is 5.86. The molecule has 0 aliphatic heterocycles. The number of aliphatic carboxylic acids is 1. The van der Waals surface area contributed by atoms with Gasteiger partial charge in [0.25, 0.3) is 0 Å². The third-order valence-corrected chi connectivity index (χ3v) is 4.57. The minimum absolute atomic E-state index is 0.0641. The van der Waals surface area contributed by atoms with Crippen molar-refractivity contribution in [2.24, 2.45) is 11.8 Å². The van der Waals surface area contributed by atoms with Crippen LogP contribution in [0.5, 0.6) is 5.75 Å². The average molecular weight is 297 g/mol. The molecule has 4 nitrogen and oxygen atoms in total. The minimum Gasteiger partial charge on any atom is -0.550 e. The molecule has 4 heteroatoms. The van der Waals surface area contributed by atoms with Crippen LogP contribution < -0.4 is 5.11 Å². The predicted molar refractivity (Wildman–Crippen MR) is 80.4 cm³/mol. The van der Waals surface area contributed by atoms with Crippen LogP contribution in [0.1, 0.15) is 36.0 Å². The first-order valence-electron chi connectivity index (χ1n) is 7.55. The number of ketones is 1. The predicted octanol–water partition coefficient (Wildman–Crippen LogP) is 2.28. The van der Waals surface area contributed by atoms with E-state index < -0.39 is 17.8 Å². The van der Waals surface area contributed by atoms with E-state index in [0.717, 1.165) is 18.2 Å². The van der Waals surface area contributed by atoms with Gasteiger partial charge in [-0.1, -0.05) is 43.2 Å². The highest BCUT2D eigenvalue weighted by molar-refractivity contribution is 6.06. The van der Waals surface area contributed by atoms with Crippen molar-refractivity contribution in [2.75, 3.05) is 0 Å². The van der Waals surface area contributed by atoms with Gasteiger partial charge in [0, 0.05) is 23.2 Å². The summed E-state index contributed by atoms with van der Waals surface area (Å²) in [4.78, 5) is 24.0. The van der Waals surface area contributed by atoms with Crippen molar-refractivity contribution in [1.29, 1.82) is 0 Å². The Balaban J connectivity index is 2.01. The first-order chi connectivity index (χ1) is 10.6. The van der Waals surface area contributed by atoms with Crippen molar-refractivity contribution in [3.05, 3.63) is 42.0 Å². The van der Waals surface area contributed by atoms with Gasteiger partial charge in [-0.3, -0.25) is 4.79 Å². The molecule has 0 heterocycles. The molecule has 1 saturated carbocycles. The van der Waals surface area contributed by atoms with Crippen molar-refractivity contribution in [2.45, 2.75) is 25.7 Å². The highest BCUT2D eigenvalue weighted by Gasteiger charge is 2.33. The van der Waals surface area contributed by atoms with Gasteiger partial charge >= 0.3 is 0 Å². The quantitative estimate of drug-likeness (QED) is 0.882. The standard InChI is InChI=1S/C18H18O4/c19-16-12-6-2-1-5-11(12)9-10-15(16)17(20)13-7-3-4-8-14(13)18(21)22/h1-2,5-6,9-10,13-14,19H,3-4,7-8H2,(H,21,22)/p-1/t13-,14+/m0/s1. The van der Waals surface area contributed by atoms with Crippen LogP contribution >= 0.6 is 0 Å². The molecule has 22 heavy (non-hydrogen) atoms. The van der Waals surface area contributed by atoms with Gasteiger partial charge in [-0.15, -0.1) is 0 Å². The van der Waals surface area contributed by atoms with Gasteiger partial charge in [-0.25, -0.2) is 0 Å². The molecule has 1 aliphatic carbocycles. The summed E-state index contributed by atoms with van der Waals surface area (Å²) >= 11 is 0. The van der Waals surface area contributed by atoms with Crippen LogP contribution in [0.2, 0.25) is 0 Å². The molecular formula is C18H17O4-. The number of carbonyl (C=O) groups is 2. The molecule has 0 amide bonds. The van der Waals surface area contributed by atoms with Crippen LogP contribution in [-0.2, 0) is 4.79 Å². The number of benzene rings is 2. The van der Waals surface area contributed by atoms with Gasteiger partial charge in [-0.2, -0.15) is 0 Å². The normalized spacial score (nSPS) is 21.6. The largest absolute Gasteiger partial charge is 0.550 e. The summed E-state index contributed by atoms with van der Waals surface area (Å²) in [6.45, 7) is 0. The highest BCUT2D eigenvalue weighted by atomic mass is 16.4. The SMILES string of the molecule is O=C(c1ccc2ccccc2c1O)[C@H]1CCCC[C@H]1C(=O)[O-]. The second kappa shape index (κ2) is 5.79. The zero-order valence-corrected chi connectivity index (χ0v) is 12.1. The first-order valence-corrected chi connectivity index (χ1v) is 7.55. The van der Waals surface area contributed by atoms with Crippen LogP contribution in [0.4, 0.5) is 0 Å². The summed E-state index contributed by atoms with van der Waals surface area (Å²) in [6.07, 6.45) is 2.62. The lowest BCUT2D eigenvalue weighted by atomic mass is 9.75. The summed E-state index contributed by atoms with van der Waals surface area (Å²) in [5.41, 5.74) is 0.205. The molecule has 2 atom stereocenters. The maximum Gasteiger partial charge on any atom is 0.170 e. The van der Waals surface area contributed by atoms with Crippen LogP contribution in [0.15, 0.2) is 36.4 Å². The lowest BCUT2D eigenvalue weighted by molar-refractivity contribution is -0.313. The Bertz CT molecular complexity index is 735. The molecule has 0 unspecified atom stereocenters. The molecule has 0 bridgehead atoms. The third kappa shape index (κ3) is 2.45. The minimum atomic E-state index is -1.17. The monoisotopic (exact) mass is 297 g/mol. The number of phenolic OH excluding ortho intramolecular Hbond substituents is 1. The number of aromatic hydroxyl groups is 1. The van der Waals surface area contributed by atoms with Crippen LogP contribution in [0.25, 0.3) is 10.8 Å². The molecule has 3 rings (SSSR count). The zero-order valence-electron chi connectivity index (χ0n) is 12.1. The molecule has 2 aromatic carbocycles. The third-order valence-electron chi connectivity index (χ3n) is 4.57. The molecule has 1 N–H and O–H groups in total. The van der Waals surface area contributed by atoms with Crippen LogP contribution in [0.3, 0.4) is 0 Å². The average Bonchev–Trinajstić information content (AvgIpc) is 2.55. The van der Waals surface area contributed by atoms with Gasteiger partial charge in [0.1, 0.15) is 5.75 Å². The van der Waals surface area contributed by atoms with Crippen molar-refractivity contribution in [1.82, 2.24) is 0 Å². The Labute approximate surface area is 128 Å². The number of hydrogen-bond acceptors (Lipinski definition) is 4. The number of carboxylic acids is 1. The van der Waals surface area contributed by atoms with E-state index in [0.29, 0.717) is 18.2 Å². The fourth-order valence-corrected chi connectivity index (χ4v) is 3.38. The maximum absolute atomic E-state index is 12.7. The number of rotatable bonds is 3. The molecular weight excluding hydrogens is 280 g/mol. The van der Waals surface area contributed by atoms with Gasteiger partial charge in [0.2, 0.25) is 0 Å². The van der Waals surface area contributed by atoms with E-state index in [1.807, 2.05) is 12.1 Å². The molecule has 2 aromatic rings. The lowest BCUT2D eigenvalue weighted by Crippen LogP contribution is -2.40. The van der Waals surface area contributed by atoms with E-state index in [1.54, 1.807) is 24.3 Å². The molecule has 1 fully saturated rings. The Kier molecular flexibility index (Phi) is 3.84. The summed E-state index contributed by atoms with van der Waals surface area (Å²) in [5.74, 6) is -2.89. The maximum atomic E-state index is 12.7. The number of carboxylic acid groups (broad SMARTS) is 1. The number of phenols is 1. The molecule has 0 saturated heterocycles. The zero-order chi connectivity index (χ0) is 15.7. The van der Waals surface area contributed by atoms with Crippen molar-refractivity contribution < 1.29 is 19.8 Å². The van der Waals surface area contributed by atoms with E-state index >= 15 is 0 Å². The summed E-state index contributed by atoms with van der Waals surface area (Å²) in [7, 11) is 0. The van der Waals surface area contributed by atoms with Crippen LogP contribution in [0, 0.1) is 11.8 Å². The van der Waals surface area contributed by atoms with Gasteiger partial charge in [0.15, 0.2) is 5.78 Å². The number of carbonyl (C=O) groups excluding carboxylic acids is 2. The number of fused-ring (bicyclic) bond motifs is 1. The van der Waals surface area contributed by atoms with Crippen molar-refractivity contribution >= 4 is 22.5 Å². The molecule has 0 aromatic heterocycles. The van der Waals surface area contributed by atoms with Crippen molar-refractivity contribution in [3.8, 4) is 5.75 Å². The fourth-order valence-electron chi connectivity index (χ4n) is 3.38. The molecule has 0 spiro atoms. The Hall–Kier alpha value is -2.36. The Morgan fingerprint density at radius 3 is 2.41 bits per heavy atom. The summed E-state index contributed by atoms with van der Waals surface area (Å²) in [6, 6.07) is 10.6. The van der Waals surface area contributed by atoms with E-state index in [4.69, 9.17) is 0 Å². The number of hydrogen-bond donors (Lipinski definition) is 1. The molecule has 1 aliphatic rings. The molecule has 0 radical (unpaired) electrons. The van der Waals surface area contributed by atoms with E-state index in [1.165, 1.54) is 0 Å². The van der Waals surface area contributed by atoms with E-state index in [-0.39, 0.29) is 17.1 Å². The van der Waals surface area contributed by atoms with Gasteiger partial charge in [0.05, 0.1) is 5.56 Å². The van der Waals surface area contributed by atoms with Crippen molar-refractivity contribution in [3.63, 3.8) is 0 Å². The topological polar surface area (TPSA) is 77.4 Å². The second-order valence-corrected chi connectivity index (χ2v) is 5.86. The van der Waals surface area contributed by atoms with Gasteiger partial charge < -0.3 is 15.0 Å². The highest BCUT2D eigenvalue weighted by Crippen LogP contribution is 2.36. The summed E-state index contributed by atoms with van der Waals surface area (Å²) in [5, 5.41) is 23.1. The smallest absolute Gasteiger partial charge is 0.170 e. The fraction of sp³-hybridized carbons (Fsp3) is 0.333. The van der Waals surface area contributed by atoms with E-state index in [2.05, 4.69) is 0 Å². The lowest BCUT2D eigenvalue weighted by Gasteiger charge is -2.31.